The molecule has 1 aromatic rings. The van der Waals surface area contributed by atoms with E-state index in [-0.39, 0.29) is 4.90 Å². The Hall–Kier alpha value is -1.34. The van der Waals surface area contributed by atoms with Gasteiger partial charge in [-0.05, 0) is 47.0 Å². The number of benzene rings is 1. The Labute approximate surface area is 126 Å². The van der Waals surface area contributed by atoms with Gasteiger partial charge in [-0.25, -0.2) is 13.1 Å². The molecule has 7 heteroatoms. The van der Waals surface area contributed by atoms with E-state index in [4.69, 9.17) is 0 Å². The van der Waals surface area contributed by atoms with E-state index in [1.165, 1.54) is 6.92 Å². The van der Waals surface area contributed by atoms with E-state index in [1.54, 1.807) is 12.1 Å². The fraction of sp³-hybridized carbons (Fsp3) is 0.308. The summed E-state index contributed by atoms with van der Waals surface area (Å²) in [4.78, 5) is 13.0. The van der Waals surface area contributed by atoms with Crippen LogP contribution in [0.3, 0.4) is 0 Å². The van der Waals surface area contributed by atoms with Crippen molar-refractivity contribution in [2.75, 3.05) is 11.4 Å². The van der Waals surface area contributed by atoms with Gasteiger partial charge >= 0.3 is 0 Å². The zero-order valence-corrected chi connectivity index (χ0v) is 13.6. The van der Waals surface area contributed by atoms with E-state index in [2.05, 4.69) is 22.5 Å². The molecule has 0 saturated heterocycles. The molecule has 1 aliphatic rings. The molecule has 0 aromatic heterocycles. The van der Waals surface area contributed by atoms with Gasteiger partial charge in [0, 0.05) is 29.3 Å². The lowest BCUT2D eigenvalue weighted by Gasteiger charge is -2.20. The molecule has 0 unspecified atom stereocenters. The standard InChI is InChI=1S/C13H15BrN2O3S/c1-8(2)16-5-4-10-6-11(14)13(7-12(10)16)20(18,19)15-9(3)17/h6-7H,1,4-5H2,2-3H3,(H,15,17). The molecule has 1 heterocycles. The largest absolute Gasteiger partial charge is 0.345 e. The van der Waals surface area contributed by atoms with E-state index in [0.717, 1.165) is 29.9 Å². The maximum absolute atomic E-state index is 12.1. The van der Waals surface area contributed by atoms with Crippen molar-refractivity contribution < 1.29 is 13.2 Å². The first kappa shape index (κ1) is 15.1. The molecule has 1 N–H and O–H groups in total. The van der Waals surface area contributed by atoms with Gasteiger partial charge in [0.15, 0.2) is 0 Å². The van der Waals surface area contributed by atoms with Crippen LogP contribution in [0.15, 0.2) is 33.8 Å². The molecule has 1 aliphatic heterocycles. The van der Waals surface area contributed by atoms with Gasteiger partial charge in [-0.1, -0.05) is 6.58 Å². The maximum Gasteiger partial charge on any atom is 0.265 e. The van der Waals surface area contributed by atoms with Crippen LogP contribution in [0.1, 0.15) is 19.4 Å². The number of halogens is 1. The lowest BCUT2D eigenvalue weighted by atomic mass is 10.2. The Morgan fingerprint density at radius 3 is 2.60 bits per heavy atom. The summed E-state index contributed by atoms with van der Waals surface area (Å²) in [7, 11) is -3.86. The number of hydrogen-bond acceptors (Lipinski definition) is 4. The van der Waals surface area contributed by atoms with Gasteiger partial charge in [-0.15, -0.1) is 0 Å². The summed E-state index contributed by atoms with van der Waals surface area (Å²) >= 11 is 3.26. The third-order valence-corrected chi connectivity index (χ3v) is 5.45. The Kier molecular flexibility index (Phi) is 3.93. The molecule has 5 nitrogen and oxygen atoms in total. The highest BCUT2D eigenvalue weighted by molar-refractivity contribution is 9.10. The molecule has 2 rings (SSSR count). The molecule has 108 valence electrons. The first-order valence-electron chi connectivity index (χ1n) is 6.01. The Morgan fingerprint density at radius 1 is 1.40 bits per heavy atom. The molecule has 1 amide bonds. The van der Waals surface area contributed by atoms with Gasteiger partial charge in [0.1, 0.15) is 4.90 Å². The molecule has 0 spiro atoms. The number of allylic oxidation sites excluding steroid dienone is 1. The third-order valence-electron chi connectivity index (χ3n) is 3.06. The minimum Gasteiger partial charge on any atom is -0.345 e. The van der Waals surface area contributed by atoms with Crippen LogP contribution >= 0.6 is 15.9 Å². The predicted molar refractivity (Wildman–Crippen MR) is 81.0 cm³/mol. The molecule has 0 radical (unpaired) electrons. The highest BCUT2D eigenvalue weighted by Gasteiger charge is 2.26. The predicted octanol–water partition coefficient (Wildman–Crippen LogP) is 2.17. The van der Waals surface area contributed by atoms with Crippen molar-refractivity contribution in [1.82, 2.24) is 4.72 Å². The lowest BCUT2D eigenvalue weighted by molar-refractivity contribution is -0.117. The van der Waals surface area contributed by atoms with Crippen LogP contribution < -0.4 is 9.62 Å². The SMILES string of the molecule is C=C(C)N1CCc2cc(Br)c(S(=O)(=O)NC(C)=O)cc21. The van der Waals surface area contributed by atoms with Crippen LogP contribution in [-0.4, -0.2) is 20.9 Å². The van der Waals surface area contributed by atoms with E-state index in [1.807, 2.05) is 16.5 Å². The Bertz CT molecular complexity index is 698. The van der Waals surface area contributed by atoms with Gasteiger partial charge in [0.25, 0.3) is 10.0 Å². The maximum atomic E-state index is 12.1. The lowest BCUT2D eigenvalue weighted by Crippen LogP contribution is -2.28. The monoisotopic (exact) mass is 358 g/mol. The number of anilines is 1. The van der Waals surface area contributed by atoms with Crippen LogP contribution in [0.2, 0.25) is 0 Å². The van der Waals surface area contributed by atoms with Crippen LogP contribution in [0, 0.1) is 0 Å². The van der Waals surface area contributed by atoms with E-state index in [0.29, 0.717) is 4.47 Å². The first-order chi connectivity index (χ1) is 9.22. The van der Waals surface area contributed by atoms with Gasteiger partial charge in [0.05, 0.1) is 0 Å². The van der Waals surface area contributed by atoms with Crippen molar-refractivity contribution in [3.05, 3.63) is 34.4 Å². The second kappa shape index (κ2) is 5.21. The van der Waals surface area contributed by atoms with Gasteiger partial charge in [-0.3, -0.25) is 4.79 Å². The van der Waals surface area contributed by atoms with E-state index in [9.17, 15) is 13.2 Å². The molecule has 0 saturated carbocycles. The zero-order chi connectivity index (χ0) is 15.1. The fourth-order valence-corrected chi connectivity index (χ4v) is 4.34. The summed E-state index contributed by atoms with van der Waals surface area (Å²) in [5.74, 6) is -0.617. The minimum absolute atomic E-state index is 0.0552. The average molecular weight is 359 g/mol. The molecular weight excluding hydrogens is 344 g/mol. The molecule has 0 fully saturated rings. The Balaban J connectivity index is 2.55. The summed E-state index contributed by atoms with van der Waals surface area (Å²) in [5.41, 5.74) is 2.74. The number of amides is 1. The summed E-state index contributed by atoms with van der Waals surface area (Å²) < 4.78 is 26.7. The number of sulfonamides is 1. The summed E-state index contributed by atoms with van der Waals surface area (Å²) in [6.45, 7) is 7.71. The molecular formula is C13H15BrN2O3S. The highest BCUT2D eigenvalue weighted by Crippen LogP contribution is 2.36. The quantitative estimate of drug-likeness (QED) is 0.898. The van der Waals surface area contributed by atoms with Crippen molar-refractivity contribution in [3.8, 4) is 0 Å². The van der Waals surface area contributed by atoms with Crippen LogP contribution in [0.4, 0.5) is 5.69 Å². The molecule has 0 bridgehead atoms. The topological polar surface area (TPSA) is 66.5 Å². The number of nitrogens with one attached hydrogen (secondary N) is 1. The van der Waals surface area contributed by atoms with Crippen molar-refractivity contribution in [2.45, 2.75) is 25.2 Å². The van der Waals surface area contributed by atoms with Gasteiger partial charge in [-0.2, -0.15) is 0 Å². The second-order valence-electron chi connectivity index (χ2n) is 4.71. The number of rotatable bonds is 3. The first-order valence-corrected chi connectivity index (χ1v) is 8.29. The Morgan fingerprint density at radius 2 is 2.05 bits per heavy atom. The van der Waals surface area contributed by atoms with Crippen molar-refractivity contribution >= 4 is 37.5 Å². The van der Waals surface area contributed by atoms with Crippen molar-refractivity contribution in [3.63, 3.8) is 0 Å². The van der Waals surface area contributed by atoms with Crippen molar-refractivity contribution in [1.29, 1.82) is 0 Å². The minimum atomic E-state index is -3.86. The molecule has 0 aliphatic carbocycles. The van der Waals surface area contributed by atoms with E-state index >= 15 is 0 Å². The third kappa shape index (κ3) is 2.73. The fourth-order valence-electron chi connectivity index (χ4n) is 2.23. The second-order valence-corrected chi connectivity index (χ2v) is 7.22. The summed E-state index contributed by atoms with van der Waals surface area (Å²) in [6.07, 6.45) is 0.835. The number of nitrogens with zero attached hydrogens (tertiary/aromatic N) is 1. The summed E-state index contributed by atoms with van der Waals surface area (Å²) in [6, 6.07) is 3.36. The number of carbonyl (C=O) groups excluding carboxylic acids is 1. The van der Waals surface area contributed by atoms with Crippen LogP contribution in [-0.2, 0) is 21.2 Å². The van der Waals surface area contributed by atoms with Crippen LogP contribution in [0.5, 0.6) is 0 Å². The number of fused-ring (bicyclic) bond motifs is 1. The van der Waals surface area contributed by atoms with Crippen molar-refractivity contribution in [2.24, 2.45) is 0 Å². The zero-order valence-electron chi connectivity index (χ0n) is 11.2. The van der Waals surface area contributed by atoms with E-state index < -0.39 is 15.9 Å². The number of carbonyl (C=O) groups is 1. The molecule has 20 heavy (non-hydrogen) atoms. The smallest absolute Gasteiger partial charge is 0.265 e. The highest BCUT2D eigenvalue weighted by atomic mass is 79.9. The van der Waals surface area contributed by atoms with Gasteiger partial charge < -0.3 is 4.90 Å². The number of hydrogen-bond donors (Lipinski definition) is 1. The van der Waals surface area contributed by atoms with Gasteiger partial charge in [0.2, 0.25) is 5.91 Å². The molecule has 0 atom stereocenters. The summed E-state index contributed by atoms with van der Waals surface area (Å²) in [5, 5.41) is 0. The van der Waals surface area contributed by atoms with Crippen LogP contribution in [0.25, 0.3) is 0 Å². The molecule has 1 aromatic carbocycles. The average Bonchev–Trinajstić information content (AvgIpc) is 2.68. The normalized spacial score (nSPS) is 14.1.